The normalized spacial score (nSPS) is 11.2. The summed E-state index contributed by atoms with van der Waals surface area (Å²) in [6.45, 7) is 2.01. The van der Waals surface area contributed by atoms with E-state index in [4.69, 9.17) is 20.3 Å². The van der Waals surface area contributed by atoms with E-state index in [9.17, 15) is 22.4 Å². The summed E-state index contributed by atoms with van der Waals surface area (Å²) in [5.41, 5.74) is 4.83. The van der Waals surface area contributed by atoms with Crippen molar-refractivity contribution in [2.75, 3.05) is 12.0 Å². The van der Waals surface area contributed by atoms with Gasteiger partial charge in [0, 0.05) is 23.9 Å². The van der Waals surface area contributed by atoms with Crippen LogP contribution in [0, 0.1) is 23.3 Å². The number of nitrogens with two attached hydrogens (primary N) is 1. The number of carbonyl (C=O) groups is 1. The number of thioether (sulfide) groups is 1. The number of ether oxygens (including phenoxy) is 2. The van der Waals surface area contributed by atoms with Crippen LogP contribution in [0.5, 0.6) is 23.4 Å². The van der Waals surface area contributed by atoms with Gasteiger partial charge in [0.05, 0.1) is 6.20 Å². The van der Waals surface area contributed by atoms with Crippen molar-refractivity contribution in [2.45, 2.75) is 13.0 Å². The van der Waals surface area contributed by atoms with E-state index < -0.39 is 58.2 Å². The average molecular weight is 485 g/mol. The number of benzene rings is 2. The van der Waals surface area contributed by atoms with Crippen LogP contribution in [-0.2, 0) is 0 Å². The fourth-order valence-electron chi connectivity index (χ4n) is 2.21. The number of aromatic nitrogens is 2. The van der Waals surface area contributed by atoms with E-state index in [0.717, 1.165) is 36.2 Å². The zero-order valence-corrected chi connectivity index (χ0v) is 18.2. The smallest absolute Gasteiger partial charge is 0.342 e. The fraction of sp³-hybridized carbons (Fsp3) is 0.190. The summed E-state index contributed by atoms with van der Waals surface area (Å²) >= 11 is 1.78. The molecule has 0 bridgehead atoms. The van der Waals surface area contributed by atoms with Crippen LogP contribution in [0.3, 0.4) is 0 Å². The number of rotatable bonds is 7. The molecule has 0 aliphatic heterocycles. The van der Waals surface area contributed by atoms with E-state index >= 15 is 0 Å². The van der Waals surface area contributed by atoms with Crippen molar-refractivity contribution >= 4 is 17.7 Å². The number of carboxylic acids is 1. The third-order valence-corrected chi connectivity index (χ3v) is 4.45. The summed E-state index contributed by atoms with van der Waals surface area (Å²) in [5, 5.41) is 9.16. The molecule has 176 valence electrons. The predicted octanol–water partition coefficient (Wildman–Crippen LogP) is 5.01. The molecule has 0 aliphatic carbocycles. The minimum Gasteiger partial charge on any atom is -0.477 e. The Morgan fingerprint density at radius 1 is 1.06 bits per heavy atom. The topological polar surface area (TPSA) is 108 Å². The summed E-state index contributed by atoms with van der Waals surface area (Å²) in [6.07, 6.45) is 2.85. The van der Waals surface area contributed by atoms with E-state index in [0.29, 0.717) is 18.2 Å². The molecular formula is C21H19F4N3O4S. The molecule has 3 N–H and O–H groups in total. The Morgan fingerprint density at radius 3 is 2.03 bits per heavy atom. The maximum Gasteiger partial charge on any atom is 0.342 e. The van der Waals surface area contributed by atoms with Crippen LogP contribution < -0.4 is 15.2 Å². The Morgan fingerprint density at radius 2 is 1.61 bits per heavy atom. The maximum absolute atomic E-state index is 13.7. The molecule has 1 aromatic heterocycles. The van der Waals surface area contributed by atoms with Gasteiger partial charge in [-0.3, -0.25) is 0 Å². The minimum atomic E-state index is -1.49. The molecule has 12 heteroatoms. The van der Waals surface area contributed by atoms with E-state index in [1.807, 2.05) is 6.92 Å². The Kier molecular flexibility index (Phi) is 9.43. The van der Waals surface area contributed by atoms with Gasteiger partial charge in [0.1, 0.15) is 17.2 Å². The van der Waals surface area contributed by atoms with E-state index in [1.54, 1.807) is 11.8 Å². The fourth-order valence-corrected chi connectivity index (χ4v) is 2.73. The lowest BCUT2D eigenvalue weighted by Crippen LogP contribution is -2.16. The third-order valence-electron chi connectivity index (χ3n) is 3.59. The maximum atomic E-state index is 13.7. The third kappa shape index (κ3) is 7.91. The highest BCUT2D eigenvalue weighted by atomic mass is 32.2. The summed E-state index contributed by atoms with van der Waals surface area (Å²) < 4.78 is 63.4. The second-order valence-corrected chi connectivity index (χ2v) is 7.37. The number of halogens is 4. The van der Waals surface area contributed by atoms with Gasteiger partial charge in [0.15, 0.2) is 23.1 Å². The summed E-state index contributed by atoms with van der Waals surface area (Å²) in [5.74, 6) is -5.83. The van der Waals surface area contributed by atoms with E-state index in [2.05, 4.69) is 16.2 Å². The molecule has 0 radical (unpaired) electrons. The standard InChI is InChI=1S/C17H8F4N2O4.C4H11NS/c18-8-1-3-13(11(20)5-8)26-15-10(16(24)25)7-22-17(23-15)27-14-4-2-9(19)6-12(14)21;1-4(5)3-6-2/h1-7H,(H,24,25);4H,3,5H2,1-2H3/t;4-/m.1/s1. The van der Waals surface area contributed by atoms with Gasteiger partial charge < -0.3 is 20.3 Å². The zero-order valence-electron chi connectivity index (χ0n) is 17.4. The summed E-state index contributed by atoms with van der Waals surface area (Å²) in [4.78, 5) is 18.5. The van der Waals surface area contributed by atoms with Gasteiger partial charge in [-0.2, -0.15) is 16.7 Å². The molecule has 0 saturated carbocycles. The quantitative estimate of drug-likeness (QED) is 0.450. The van der Waals surface area contributed by atoms with Crippen LogP contribution >= 0.6 is 11.8 Å². The van der Waals surface area contributed by atoms with Crippen molar-refractivity contribution in [1.29, 1.82) is 0 Å². The molecule has 2 aromatic carbocycles. The van der Waals surface area contributed by atoms with E-state index in [-0.39, 0.29) is 0 Å². The molecule has 7 nitrogen and oxygen atoms in total. The Labute approximate surface area is 190 Å². The van der Waals surface area contributed by atoms with Gasteiger partial charge in [-0.25, -0.2) is 27.3 Å². The van der Waals surface area contributed by atoms with Crippen molar-refractivity contribution in [3.05, 3.63) is 71.4 Å². The first-order chi connectivity index (χ1) is 15.6. The molecule has 33 heavy (non-hydrogen) atoms. The van der Waals surface area contributed by atoms with Crippen LogP contribution in [-0.4, -0.2) is 39.1 Å². The second-order valence-electron chi connectivity index (χ2n) is 6.46. The largest absolute Gasteiger partial charge is 0.477 e. The van der Waals surface area contributed by atoms with Crippen molar-refractivity contribution in [3.8, 4) is 23.4 Å². The number of hydrogen-bond acceptors (Lipinski definition) is 7. The number of hydrogen-bond donors (Lipinski definition) is 2. The van der Waals surface area contributed by atoms with Crippen molar-refractivity contribution in [2.24, 2.45) is 5.73 Å². The lowest BCUT2D eigenvalue weighted by Gasteiger charge is -2.10. The molecule has 0 unspecified atom stereocenters. The average Bonchev–Trinajstić information content (AvgIpc) is 2.72. The molecular weight excluding hydrogens is 466 g/mol. The van der Waals surface area contributed by atoms with Gasteiger partial charge in [-0.05, 0) is 37.4 Å². The molecule has 0 saturated heterocycles. The van der Waals surface area contributed by atoms with Gasteiger partial charge in [0.25, 0.3) is 0 Å². The summed E-state index contributed by atoms with van der Waals surface area (Å²) in [6, 6.07) is 4.63. The van der Waals surface area contributed by atoms with Gasteiger partial charge >= 0.3 is 12.0 Å². The summed E-state index contributed by atoms with van der Waals surface area (Å²) in [7, 11) is 0. The predicted molar refractivity (Wildman–Crippen MR) is 114 cm³/mol. The molecule has 0 amide bonds. The van der Waals surface area contributed by atoms with Crippen molar-refractivity contribution in [3.63, 3.8) is 0 Å². The first-order valence-corrected chi connectivity index (χ1v) is 10.6. The van der Waals surface area contributed by atoms with Gasteiger partial charge in [0.2, 0.25) is 5.88 Å². The van der Waals surface area contributed by atoms with Crippen LogP contribution in [0.1, 0.15) is 17.3 Å². The number of carboxylic acid groups (broad SMARTS) is 1. The molecule has 1 atom stereocenters. The highest BCUT2D eigenvalue weighted by molar-refractivity contribution is 7.98. The van der Waals surface area contributed by atoms with Crippen LogP contribution in [0.25, 0.3) is 0 Å². The molecule has 0 aliphatic rings. The van der Waals surface area contributed by atoms with Crippen LogP contribution in [0.15, 0.2) is 42.6 Å². The Bertz CT molecular complexity index is 1120. The number of nitrogens with zero attached hydrogens (tertiary/aromatic N) is 2. The van der Waals surface area contributed by atoms with Gasteiger partial charge in [-0.15, -0.1) is 0 Å². The molecule has 3 rings (SSSR count). The lowest BCUT2D eigenvalue weighted by molar-refractivity contribution is 0.0692. The zero-order chi connectivity index (χ0) is 24.5. The first-order valence-electron chi connectivity index (χ1n) is 9.21. The molecule has 3 aromatic rings. The van der Waals surface area contributed by atoms with Gasteiger partial charge in [-0.1, -0.05) is 0 Å². The monoisotopic (exact) mass is 485 g/mol. The highest BCUT2D eigenvalue weighted by Crippen LogP contribution is 2.29. The Hall–Kier alpha value is -3.38. The van der Waals surface area contributed by atoms with E-state index in [1.165, 1.54) is 0 Å². The molecule has 0 spiro atoms. The van der Waals surface area contributed by atoms with Crippen LogP contribution in [0.2, 0.25) is 0 Å². The molecule has 1 heterocycles. The second kappa shape index (κ2) is 12.0. The Balaban J connectivity index is 0.000000569. The minimum absolute atomic E-state index is 0.361. The first kappa shape index (κ1) is 25.9. The lowest BCUT2D eigenvalue weighted by atomic mass is 10.3. The highest BCUT2D eigenvalue weighted by Gasteiger charge is 2.19. The van der Waals surface area contributed by atoms with Crippen LogP contribution in [0.4, 0.5) is 17.6 Å². The SMILES string of the molecule is CSC[C@@H](C)N.O=C(O)c1cnc(Oc2ccc(F)cc2F)nc1Oc1ccc(F)cc1F. The number of aromatic carboxylic acids is 1. The van der Waals surface area contributed by atoms with Crippen molar-refractivity contribution < 1.29 is 36.9 Å². The van der Waals surface area contributed by atoms with Crippen molar-refractivity contribution in [1.82, 2.24) is 9.97 Å². The molecule has 0 fully saturated rings.